The van der Waals surface area contributed by atoms with Crippen LogP contribution in [0.25, 0.3) is 33.4 Å². The number of rotatable bonds is 3. The van der Waals surface area contributed by atoms with E-state index in [1.54, 1.807) is 0 Å². The largest absolute Gasteiger partial charge is 0.376 e. The molecule has 3 aliphatic rings. The molecule has 0 aromatic heterocycles. The Balaban J connectivity index is 1.36. The van der Waals surface area contributed by atoms with Crippen LogP contribution in [0.15, 0.2) is 146 Å². The molecule has 0 bridgehead atoms. The smallest absolute Gasteiger partial charge is 0.333 e. The molecule has 2 nitrogen and oxygen atoms in total. The summed E-state index contributed by atoms with van der Waals surface area (Å²) in [6.45, 7) is 25.7. The molecule has 2 aliphatic heterocycles. The van der Waals surface area contributed by atoms with Crippen molar-refractivity contribution in [2.75, 3.05) is 9.71 Å². The lowest BCUT2D eigenvalue weighted by molar-refractivity contribution is 0.590. The highest BCUT2D eigenvalue weighted by molar-refractivity contribution is 6.93. The van der Waals surface area contributed by atoms with E-state index in [4.69, 9.17) is 0 Å². The van der Waals surface area contributed by atoms with E-state index in [0.29, 0.717) is 0 Å². The van der Waals surface area contributed by atoms with Gasteiger partial charge in [-0.2, -0.15) is 0 Å². The van der Waals surface area contributed by atoms with Crippen molar-refractivity contribution >= 4 is 46.2 Å². The molecule has 7 aromatic rings. The topological polar surface area (TPSA) is 6.48 Å². The van der Waals surface area contributed by atoms with Gasteiger partial charge in [0, 0.05) is 39.3 Å². The molecule has 298 valence electrons. The third kappa shape index (κ3) is 5.83. The van der Waals surface area contributed by atoms with E-state index < -0.39 is 0 Å². The van der Waals surface area contributed by atoms with Gasteiger partial charge in [-0.15, -0.1) is 0 Å². The van der Waals surface area contributed by atoms with E-state index in [-0.39, 0.29) is 28.5 Å². The zero-order valence-electron chi connectivity index (χ0n) is 37.3. The number of hydrogen-bond donors (Lipinski definition) is 0. The summed E-state index contributed by atoms with van der Waals surface area (Å²) < 4.78 is 0. The van der Waals surface area contributed by atoms with Crippen LogP contribution in [0.5, 0.6) is 0 Å². The molecule has 0 atom stereocenters. The first-order valence-electron chi connectivity index (χ1n) is 21.9. The highest BCUT2D eigenvalue weighted by Crippen LogP contribution is 2.54. The van der Waals surface area contributed by atoms with Gasteiger partial charge in [-0.1, -0.05) is 179 Å². The van der Waals surface area contributed by atoms with E-state index in [1.807, 2.05) is 0 Å². The Morgan fingerprint density at radius 3 is 1.70 bits per heavy atom. The Bertz CT molecular complexity index is 2840. The molecule has 0 spiro atoms. The summed E-state index contributed by atoms with van der Waals surface area (Å²) in [5.41, 5.74) is 23.2. The van der Waals surface area contributed by atoms with Crippen molar-refractivity contribution in [3.63, 3.8) is 0 Å². The highest BCUT2D eigenvalue weighted by atomic mass is 15.2. The van der Waals surface area contributed by atoms with Gasteiger partial charge in [0.15, 0.2) is 0 Å². The van der Waals surface area contributed by atoms with Gasteiger partial charge >= 0.3 is 6.85 Å². The lowest BCUT2D eigenvalue weighted by Crippen LogP contribution is -2.61. The standard InChI is InChI=1S/C57H57BN2/c1-54(2,3)37-25-28-40(29-26-37)60-50-24-18-16-22-42(50)45-32-39(56(7,8)9)33-52-53(45)58(60)48-34-44-41-21-15-17-23-46(41)57(10,11)47(44)35-51(48)59(52)49-30-27-38(55(4,5)6)31-43(49)36-19-13-12-14-20-36/h12-35H,1-11H3. The number of anilines is 5. The number of nitrogens with zero attached hydrogens (tertiary/aromatic N) is 2. The number of benzene rings is 7. The molecule has 0 saturated carbocycles. The van der Waals surface area contributed by atoms with Crippen LogP contribution in [-0.2, 0) is 21.7 Å². The van der Waals surface area contributed by atoms with Gasteiger partial charge in [0.1, 0.15) is 0 Å². The van der Waals surface area contributed by atoms with Crippen LogP contribution in [0.1, 0.15) is 104 Å². The first kappa shape index (κ1) is 38.4. The second kappa shape index (κ2) is 13.1. The minimum atomic E-state index is -0.161. The molecule has 0 unspecified atom stereocenters. The fraction of sp³-hybridized carbons (Fsp3) is 0.263. The monoisotopic (exact) mass is 780 g/mol. The van der Waals surface area contributed by atoms with E-state index in [1.165, 1.54) is 101 Å². The summed E-state index contributed by atoms with van der Waals surface area (Å²) in [5.74, 6) is 0. The van der Waals surface area contributed by atoms with Crippen molar-refractivity contribution in [2.24, 2.45) is 0 Å². The minimum absolute atomic E-state index is 0.0123. The van der Waals surface area contributed by atoms with Crippen LogP contribution in [0.2, 0.25) is 0 Å². The molecule has 0 amide bonds. The third-order valence-electron chi connectivity index (χ3n) is 13.7. The molecule has 10 rings (SSSR count). The predicted octanol–water partition coefficient (Wildman–Crippen LogP) is 14.3. The summed E-state index contributed by atoms with van der Waals surface area (Å²) in [7, 11) is 0. The lowest BCUT2D eigenvalue weighted by atomic mass is 9.43. The second-order valence-corrected chi connectivity index (χ2v) is 21.1. The molecule has 0 radical (unpaired) electrons. The van der Waals surface area contributed by atoms with Crippen molar-refractivity contribution in [2.45, 2.75) is 97.8 Å². The molecule has 60 heavy (non-hydrogen) atoms. The van der Waals surface area contributed by atoms with Crippen molar-refractivity contribution in [1.82, 2.24) is 0 Å². The number of hydrogen-bond acceptors (Lipinski definition) is 2. The fourth-order valence-electron chi connectivity index (χ4n) is 10.3. The van der Waals surface area contributed by atoms with Crippen LogP contribution in [0.3, 0.4) is 0 Å². The molecule has 1 aliphatic carbocycles. The average molecular weight is 781 g/mol. The van der Waals surface area contributed by atoms with E-state index in [2.05, 4.69) is 231 Å². The van der Waals surface area contributed by atoms with E-state index in [9.17, 15) is 0 Å². The van der Waals surface area contributed by atoms with E-state index >= 15 is 0 Å². The van der Waals surface area contributed by atoms with Gasteiger partial charge in [0.05, 0.1) is 5.69 Å². The average Bonchev–Trinajstić information content (AvgIpc) is 3.44. The Morgan fingerprint density at radius 2 is 1.02 bits per heavy atom. The maximum atomic E-state index is 2.66. The minimum Gasteiger partial charge on any atom is -0.376 e. The van der Waals surface area contributed by atoms with Crippen molar-refractivity contribution in [3.05, 3.63) is 173 Å². The fourth-order valence-corrected chi connectivity index (χ4v) is 10.3. The van der Waals surface area contributed by atoms with E-state index in [0.717, 1.165) is 0 Å². The van der Waals surface area contributed by atoms with Crippen LogP contribution in [0, 0.1) is 0 Å². The molecule has 3 heteroatoms. The summed E-state index contributed by atoms with van der Waals surface area (Å²) in [5, 5.41) is 0. The molecular formula is C57H57BN2. The molecule has 0 fully saturated rings. The zero-order chi connectivity index (χ0) is 42.1. The molecule has 0 saturated heterocycles. The SMILES string of the molecule is CC(C)(C)c1ccc(N2B3c4cc5c(cc4N(c4ccc(C(C)(C)C)cc4-c4ccccc4)c4cc(C(C)(C)C)cc(c43)-c3ccccc32)C(C)(C)c2ccccc2-5)cc1. The van der Waals surface area contributed by atoms with Crippen LogP contribution in [-0.4, -0.2) is 6.85 Å². The Hall–Kier alpha value is -5.80. The maximum Gasteiger partial charge on any atom is 0.333 e. The van der Waals surface area contributed by atoms with Crippen LogP contribution < -0.4 is 20.6 Å². The van der Waals surface area contributed by atoms with Crippen LogP contribution >= 0.6 is 0 Å². The van der Waals surface area contributed by atoms with Gasteiger partial charge in [-0.05, 0) is 120 Å². The summed E-state index contributed by atoms with van der Waals surface area (Å²) >= 11 is 0. The lowest BCUT2D eigenvalue weighted by Gasteiger charge is -2.47. The summed E-state index contributed by atoms with van der Waals surface area (Å²) in [4.78, 5) is 5.31. The molecular weight excluding hydrogens is 723 g/mol. The van der Waals surface area contributed by atoms with Gasteiger partial charge < -0.3 is 9.71 Å². The van der Waals surface area contributed by atoms with Gasteiger partial charge in [0.2, 0.25) is 0 Å². The van der Waals surface area contributed by atoms with Gasteiger partial charge in [0.25, 0.3) is 0 Å². The highest BCUT2D eigenvalue weighted by Gasteiger charge is 2.48. The number of fused-ring (bicyclic) bond motifs is 7. The van der Waals surface area contributed by atoms with Gasteiger partial charge in [-0.25, -0.2) is 0 Å². The first-order chi connectivity index (χ1) is 28.4. The maximum absolute atomic E-state index is 2.66. The van der Waals surface area contributed by atoms with Crippen molar-refractivity contribution < 1.29 is 0 Å². The summed E-state index contributed by atoms with van der Waals surface area (Å²) in [6.07, 6.45) is 0. The quantitative estimate of drug-likeness (QED) is 0.165. The van der Waals surface area contributed by atoms with Gasteiger partial charge in [-0.3, -0.25) is 0 Å². The number of para-hydroxylation sites is 1. The normalized spacial score (nSPS) is 14.9. The Morgan fingerprint density at radius 1 is 0.417 bits per heavy atom. The first-order valence-corrected chi connectivity index (χ1v) is 21.9. The van der Waals surface area contributed by atoms with Crippen LogP contribution in [0.4, 0.5) is 28.4 Å². The Kier molecular flexibility index (Phi) is 8.39. The molecule has 2 heterocycles. The van der Waals surface area contributed by atoms with Crippen molar-refractivity contribution in [3.8, 4) is 33.4 Å². The second-order valence-electron chi connectivity index (χ2n) is 21.1. The molecule has 7 aromatic carbocycles. The third-order valence-corrected chi connectivity index (χ3v) is 13.7. The Labute approximate surface area is 359 Å². The summed E-state index contributed by atoms with van der Waals surface area (Å²) in [6, 6.07) is 56.1. The van der Waals surface area contributed by atoms with Crippen molar-refractivity contribution in [1.29, 1.82) is 0 Å². The predicted molar refractivity (Wildman–Crippen MR) is 259 cm³/mol. The molecule has 0 N–H and O–H groups in total. The zero-order valence-corrected chi connectivity index (χ0v) is 37.3.